The molecule has 0 atom stereocenters. The summed E-state index contributed by atoms with van der Waals surface area (Å²) in [6.45, 7) is 0. The van der Waals surface area contributed by atoms with Gasteiger partial charge in [0.15, 0.2) is 0 Å². The summed E-state index contributed by atoms with van der Waals surface area (Å²) in [6.07, 6.45) is 2.68. The number of carbonyl (C=O) groups is 1. The maximum absolute atomic E-state index is 13.2. The number of aldehydes is 1. The Bertz CT molecular complexity index is 730. The average molecular weight is 239 g/mol. The maximum atomic E-state index is 13.2. The molecular weight excluding hydrogens is 229 g/mol. The van der Waals surface area contributed by atoms with Crippen molar-refractivity contribution >= 4 is 17.2 Å². The second-order valence-electron chi connectivity index (χ2n) is 4.10. The second kappa shape index (κ2) is 4.11. The summed E-state index contributed by atoms with van der Waals surface area (Å²) < 4.78 is 15.1. The number of aromatic nitrogens is 1. The van der Waals surface area contributed by atoms with Gasteiger partial charge in [-0.2, -0.15) is 0 Å². The highest BCUT2D eigenvalue weighted by Crippen LogP contribution is 2.21. The van der Waals surface area contributed by atoms with Crippen molar-refractivity contribution in [3.63, 3.8) is 0 Å². The smallest absolute Gasteiger partial charge is 0.150 e. The first-order valence-corrected chi connectivity index (χ1v) is 5.60. The lowest BCUT2D eigenvalue weighted by molar-refractivity contribution is 0.112. The Labute approximate surface area is 103 Å². The fourth-order valence-corrected chi connectivity index (χ4v) is 2.07. The highest BCUT2D eigenvalue weighted by atomic mass is 19.1. The van der Waals surface area contributed by atoms with Gasteiger partial charge in [0.1, 0.15) is 12.1 Å². The lowest BCUT2D eigenvalue weighted by Crippen LogP contribution is -1.93. The SMILES string of the molecule is O=Cc1ccc2ccn(-c3cccc(F)c3)c2c1. The lowest BCUT2D eigenvalue weighted by Gasteiger charge is -2.05. The molecule has 0 bridgehead atoms. The van der Waals surface area contributed by atoms with Crippen LogP contribution in [0.1, 0.15) is 10.4 Å². The van der Waals surface area contributed by atoms with Gasteiger partial charge in [0.05, 0.1) is 5.52 Å². The highest BCUT2D eigenvalue weighted by Gasteiger charge is 2.04. The summed E-state index contributed by atoms with van der Waals surface area (Å²) in [4.78, 5) is 10.8. The van der Waals surface area contributed by atoms with Gasteiger partial charge in [0, 0.05) is 17.4 Å². The van der Waals surface area contributed by atoms with Crippen LogP contribution in [0.15, 0.2) is 54.7 Å². The van der Waals surface area contributed by atoms with Gasteiger partial charge in [-0.25, -0.2) is 4.39 Å². The number of nitrogens with zero attached hydrogens (tertiary/aromatic N) is 1. The van der Waals surface area contributed by atoms with Gasteiger partial charge in [0.25, 0.3) is 0 Å². The monoisotopic (exact) mass is 239 g/mol. The van der Waals surface area contributed by atoms with Crippen LogP contribution in [0.25, 0.3) is 16.6 Å². The summed E-state index contributed by atoms with van der Waals surface area (Å²) in [5.41, 5.74) is 2.25. The zero-order valence-corrected chi connectivity index (χ0v) is 9.51. The predicted molar refractivity (Wildman–Crippen MR) is 68.6 cm³/mol. The number of rotatable bonds is 2. The molecule has 0 N–H and O–H groups in total. The van der Waals surface area contributed by atoms with Gasteiger partial charge in [-0.05, 0) is 35.7 Å². The standard InChI is InChI=1S/C15H10FNO/c16-13-2-1-3-14(9-13)17-7-6-12-5-4-11(10-18)8-15(12)17/h1-10H. The van der Waals surface area contributed by atoms with E-state index in [1.54, 1.807) is 18.2 Å². The van der Waals surface area contributed by atoms with Crippen molar-refractivity contribution < 1.29 is 9.18 Å². The fraction of sp³-hybridized carbons (Fsp3) is 0. The zero-order chi connectivity index (χ0) is 12.5. The first-order chi connectivity index (χ1) is 8.78. The van der Waals surface area contributed by atoms with Gasteiger partial charge >= 0.3 is 0 Å². The number of fused-ring (bicyclic) bond motifs is 1. The highest BCUT2D eigenvalue weighted by molar-refractivity contribution is 5.88. The van der Waals surface area contributed by atoms with Crippen LogP contribution in [0.5, 0.6) is 0 Å². The molecule has 1 heterocycles. The Hall–Kier alpha value is -2.42. The molecule has 2 nitrogen and oxygen atoms in total. The van der Waals surface area contributed by atoms with E-state index in [1.807, 2.05) is 29.0 Å². The first-order valence-electron chi connectivity index (χ1n) is 5.60. The Morgan fingerprint density at radius 2 is 1.94 bits per heavy atom. The minimum Gasteiger partial charge on any atom is -0.316 e. The van der Waals surface area contributed by atoms with Crippen molar-refractivity contribution in [3.05, 3.63) is 66.1 Å². The van der Waals surface area contributed by atoms with E-state index in [9.17, 15) is 9.18 Å². The minimum absolute atomic E-state index is 0.277. The molecule has 0 fully saturated rings. The van der Waals surface area contributed by atoms with Gasteiger partial charge < -0.3 is 4.57 Å². The third-order valence-electron chi connectivity index (χ3n) is 2.94. The normalized spacial score (nSPS) is 10.7. The average Bonchev–Trinajstić information content (AvgIpc) is 2.81. The molecule has 3 aromatic rings. The van der Waals surface area contributed by atoms with E-state index in [2.05, 4.69) is 0 Å². The summed E-state index contributed by atoms with van der Waals surface area (Å²) in [6, 6.07) is 13.8. The zero-order valence-electron chi connectivity index (χ0n) is 9.51. The number of halogens is 1. The fourth-order valence-electron chi connectivity index (χ4n) is 2.07. The van der Waals surface area contributed by atoms with E-state index < -0.39 is 0 Å². The summed E-state index contributed by atoms with van der Waals surface area (Å²) in [5.74, 6) is -0.277. The van der Waals surface area contributed by atoms with Crippen LogP contribution in [0, 0.1) is 5.82 Å². The van der Waals surface area contributed by atoms with Gasteiger partial charge in [0.2, 0.25) is 0 Å². The van der Waals surface area contributed by atoms with Crippen molar-refractivity contribution in [2.45, 2.75) is 0 Å². The van der Waals surface area contributed by atoms with Gasteiger partial charge in [-0.15, -0.1) is 0 Å². The third-order valence-corrected chi connectivity index (χ3v) is 2.94. The molecule has 18 heavy (non-hydrogen) atoms. The Kier molecular flexibility index (Phi) is 2.45. The molecule has 3 rings (SSSR count). The quantitative estimate of drug-likeness (QED) is 0.626. The van der Waals surface area contributed by atoms with Crippen molar-refractivity contribution in [1.82, 2.24) is 4.57 Å². The maximum Gasteiger partial charge on any atom is 0.150 e. The Morgan fingerprint density at radius 3 is 2.72 bits per heavy atom. The molecule has 0 spiro atoms. The van der Waals surface area contributed by atoms with E-state index in [0.29, 0.717) is 5.56 Å². The topological polar surface area (TPSA) is 22.0 Å². The molecule has 0 saturated carbocycles. The van der Waals surface area contributed by atoms with Crippen LogP contribution in [0.2, 0.25) is 0 Å². The molecule has 0 aliphatic rings. The summed E-state index contributed by atoms with van der Waals surface area (Å²) in [5, 5.41) is 1.02. The van der Waals surface area contributed by atoms with Crippen LogP contribution < -0.4 is 0 Å². The number of carbonyl (C=O) groups excluding carboxylic acids is 1. The molecule has 3 heteroatoms. The number of hydrogen-bond acceptors (Lipinski definition) is 1. The van der Waals surface area contributed by atoms with E-state index in [4.69, 9.17) is 0 Å². The summed E-state index contributed by atoms with van der Waals surface area (Å²) in [7, 11) is 0. The second-order valence-corrected chi connectivity index (χ2v) is 4.10. The largest absolute Gasteiger partial charge is 0.316 e. The Balaban J connectivity index is 2.26. The molecule has 0 radical (unpaired) electrons. The predicted octanol–water partition coefficient (Wildman–Crippen LogP) is 3.58. The number of benzene rings is 2. The molecule has 0 unspecified atom stereocenters. The van der Waals surface area contributed by atoms with E-state index in [-0.39, 0.29) is 5.82 Å². The summed E-state index contributed by atoms with van der Waals surface area (Å²) >= 11 is 0. The van der Waals surface area contributed by atoms with E-state index >= 15 is 0 Å². The molecule has 1 aromatic heterocycles. The van der Waals surface area contributed by atoms with Crippen molar-refractivity contribution in [3.8, 4) is 5.69 Å². The molecule has 88 valence electrons. The first kappa shape index (κ1) is 10.7. The lowest BCUT2D eigenvalue weighted by atomic mass is 10.2. The van der Waals surface area contributed by atoms with E-state index in [0.717, 1.165) is 22.9 Å². The molecule has 0 amide bonds. The van der Waals surface area contributed by atoms with Crippen LogP contribution in [-0.2, 0) is 0 Å². The van der Waals surface area contributed by atoms with Crippen LogP contribution in [0.4, 0.5) is 4.39 Å². The number of hydrogen-bond donors (Lipinski definition) is 0. The third kappa shape index (κ3) is 1.70. The van der Waals surface area contributed by atoms with Gasteiger partial charge in [-0.3, -0.25) is 4.79 Å². The van der Waals surface area contributed by atoms with Gasteiger partial charge in [-0.1, -0.05) is 18.2 Å². The van der Waals surface area contributed by atoms with E-state index in [1.165, 1.54) is 12.1 Å². The molecule has 2 aromatic carbocycles. The Morgan fingerprint density at radius 1 is 1.06 bits per heavy atom. The minimum atomic E-state index is -0.277. The molecule has 0 aliphatic carbocycles. The van der Waals surface area contributed by atoms with Crippen molar-refractivity contribution in [2.75, 3.05) is 0 Å². The molecule has 0 saturated heterocycles. The molecule has 0 aliphatic heterocycles. The van der Waals surface area contributed by atoms with Crippen LogP contribution >= 0.6 is 0 Å². The van der Waals surface area contributed by atoms with Crippen LogP contribution in [0.3, 0.4) is 0 Å². The van der Waals surface area contributed by atoms with Crippen LogP contribution in [-0.4, -0.2) is 10.9 Å². The van der Waals surface area contributed by atoms with Crippen molar-refractivity contribution in [1.29, 1.82) is 0 Å². The van der Waals surface area contributed by atoms with Crippen molar-refractivity contribution in [2.24, 2.45) is 0 Å². The molecular formula is C15H10FNO.